The summed E-state index contributed by atoms with van der Waals surface area (Å²) >= 11 is 3.44. The van der Waals surface area contributed by atoms with Gasteiger partial charge in [0.25, 0.3) is 0 Å². The Morgan fingerprint density at radius 1 is 1.21 bits per heavy atom. The second-order valence-electron chi connectivity index (χ2n) is 4.98. The Morgan fingerprint density at radius 2 is 2.00 bits per heavy atom. The molecule has 0 spiro atoms. The number of Topliss-reactive ketones (excluding diaryl/α,β-unsaturated/α-hetero) is 1. The van der Waals surface area contributed by atoms with Crippen molar-refractivity contribution in [1.29, 1.82) is 0 Å². The zero-order chi connectivity index (χ0) is 13.7. The standard InChI is InChI=1S/C16H20BrNO/c1-2-3-4-5-6-7-16(19)14-11-18-15-10-12(17)8-9-13(14)15/h8-11,18H,2-7H2,1H3. The van der Waals surface area contributed by atoms with E-state index in [9.17, 15) is 4.79 Å². The number of fused-ring (bicyclic) bond motifs is 1. The number of hydrogen-bond acceptors (Lipinski definition) is 1. The molecule has 0 saturated carbocycles. The van der Waals surface area contributed by atoms with Crippen LogP contribution in [0.4, 0.5) is 0 Å². The molecule has 1 aromatic heterocycles. The lowest BCUT2D eigenvalue weighted by Gasteiger charge is -2.00. The monoisotopic (exact) mass is 321 g/mol. The topological polar surface area (TPSA) is 32.9 Å². The van der Waals surface area contributed by atoms with Gasteiger partial charge in [0, 0.05) is 33.6 Å². The van der Waals surface area contributed by atoms with Gasteiger partial charge in [-0.05, 0) is 18.6 Å². The van der Waals surface area contributed by atoms with Crippen LogP contribution < -0.4 is 0 Å². The summed E-state index contributed by atoms with van der Waals surface area (Å²) in [6.45, 7) is 2.20. The fraction of sp³-hybridized carbons (Fsp3) is 0.438. The van der Waals surface area contributed by atoms with Gasteiger partial charge < -0.3 is 4.98 Å². The maximum Gasteiger partial charge on any atom is 0.165 e. The van der Waals surface area contributed by atoms with Crippen LogP contribution in [-0.4, -0.2) is 10.8 Å². The zero-order valence-corrected chi connectivity index (χ0v) is 12.9. The first-order valence-electron chi connectivity index (χ1n) is 7.02. The molecule has 0 aliphatic heterocycles. The first-order chi connectivity index (χ1) is 9.22. The van der Waals surface area contributed by atoms with Crippen molar-refractivity contribution in [2.75, 3.05) is 0 Å². The number of unbranched alkanes of at least 4 members (excludes halogenated alkanes) is 4. The summed E-state index contributed by atoms with van der Waals surface area (Å²) in [5.74, 6) is 0.255. The van der Waals surface area contributed by atoms with Crippen molar-refractivity contribution in [1.82, 2.24) is 4.98 Å². The molecule has 0 aliphatic carbocycles. The van der Waals surface area contributed by atoms with Crippen molar-refractivity contribution in [2.45, 2.75) is 45.4 Å². The van der Waals surface area contributed by atoms with E-state index in [0.717, 1.165) is 33.8 Å². The third-order valence-electron chi connectivity index (χ3n) is 3.45. The van der Waals surface area contributed by atoms with E-state index in [4.69, 9.17) is 0 Å². The van der Waals surface area contributed by atoms with Gasteiger partial charge in [-0.25, -0.2) is 0 Å². The minimum Gasteiger partial charge on any atom is -0.360 e. The van der Waals surface area contributed by atoms with Crippen LogP contribution in [0.15, 0.2) is 28.9 Å². The molecule has 0 aliphatic rings. The molecular formula is C16H20BrNO. The zero-order valence-electron chi connectivity index (χ0n) is 11.3. The van der Waals surface area contributed by atoms with Crippen LogP contribution in [0.2, 0.25) is 0 Å². The number of aromatic amines is 1. The minimum absolute atomic E-state index is 0.255. The Labute approximate surface area is 122 Å². The van der Waals surface area contributed by atoms with E-state index < -0.39 is 0 Å². The van der Waals surface area contributed by atoms with Crippen LogP contribution in [0.3, 0.4) is 0 Å². The minimum atomic E-state index is 0.255. The van der Waals surface area contributed by atoms with E-state index in [1.165, 1.54) is 19.3 Å². The summed E-state index contributed by atoms with van der Waals surface area (Å²) in [6.07, 6.45) is 8.42. The molecule has 0 fully saturated rings. The molecule has 2 aromatic rings. The number of carbonyl (C=O) groups is 1. The van der Waals surface area contributed by atoms with Crippen molar-refractivity contribution in [2.24, 2.45) is 0 Å². The lowest BCUT2D eigenvalue weighted by molar-refractivity contribution is 0.0981. The Kier molecular flexibility index (Phi) is 5.20. The van der Waals surface area contributed by atoms with Crippen LogP contribution in [0.1, 0.15) is 55.8 Å². The van der Waals surface area contributed by atoms with E-state index in [1.807, 2.05) is 24.4 Å². The van der Waals surface area contributed by atoms with E-state index in [2.05, 4.69) is 27.8 Å². The Bertz CT molecular complexity index is 559. The molecule has 0 unspecified atom stereocenters. The van der Waals surface area contributed by atoms with Gasteiger partial charge >= 0.3 is 0 Å². The molecule has 0 saturated heterocycles. The molecule has 1 N–H and O–H groups in total. The number of ketones is 1. The van der Waals surface area contributed by atoms with Gasteiger partial charge in [0.1, 0.15) is 0 Å². The Morgan fingerprint density at radius 3 is 2.79 bits per heavy atom. The van der Waals surface area contributed by atoms with Gasteiger partial charge in [-0.2, -0.15) is 0 Å². The number of H-pyrrole nitrogens is 1. The molecule has 2 nitrogen and oxygen atoms in total. The van der Waals surface area contributed by atoms with Crippen LogP contribution >= 0.6 is 15.9 Å². The molecule has 0 amide bonds. The highest BCUT2D eigenvalue weighted by atomic mass is 79.9. The molecule has 0 atom stereocenters. The lowest BCUT2D eigenvalue weighted by atomic mass is 10.0. The van der Waals surface area contributed by atoms with Crippen LogP contribution in [0.5, 0.6) is 0 Å². The highest BCUT2D eigenvalue weighted by Crippen LogP contribution is 2.23. The lowest BCUT2D eigenvalue weighted by Crippen LogP contribution is -1.97. The third-order valence-corrected chi connectivity index (χ3v) is 3.94. The summed E-state index contributed by atoms with van der Waals surface area (Å²) in [5.41, 5.74) is 1.85. The number of carbonyl (C=O) groups excluding carboxylic acids is 1. The third kappa shape index (κ3) is 3.69. The average Bonchev–Trinajstić information content (AvgIpc) is 2.81. The van der Waals surface area contributed by atoms with Gasteiger partial charge in [0.15, 0.2) is 5.78 Å². The molecule has 102 valence electrons. The van der Waals surface area contributed by atoms with E-state index in [-0.39, 0.29) is 5.78 Å². The first kappa shape index (κ1) is 14.3. The van der Waals surface area contributed by atoms with Crippen molar-refractivity contribution in [3.63, 3.8) is 0 Å². The summed E-state index contributed by atoms with van der Waals surface area (Å²) < 4.78 is 1.03. The summed E-state index contributed by atoms with van der Waals surface area (Å²) in [4.78, 5) is 15.4. The number of nitrogens with one attached hydrogen (secondary N) is 1. The van der Waals surface area contributed by atoms with Gasteiger partial charge in [-0.1, -0.05) is 54.6 Å². The van der Waals surface area contributed by atoms with E-state index in [1.54, 1.807) is 0 Å². The van der Waals surface area contributed by atoms with Crippen molar-refractivity contribution in [3.05, 3.63) is 34.4 Å². The van der Waals surface area contributed by atoms with Crippen molar-refractivity contribution < 1.29 is 4.79 Å². The SMILES string of the molecule is CCCCCCCC(=O)c1c[nH]c2cc(Br)ccc12. The average molecular weight is 322 g/mol. The first-order valence-corrected chi connectivity index (χ1v) is 7.81. The maximum atomic E-state index is 12.2. The molecule has 19 heavy (non-hydrogen) atoms. The summed E-state index contributed by atoms with van der Waals surface area (Å²) in [6, 6.07) is 5.99. The fourth-order valence-electron chi connectivity index (χ4n) is 2.35. The smallest absolute Gasteiger partial charge is 0.165 e. The largest absolute Gasteiger partial charge is 0.360 e. The highest BCUT2D eigenvalue weighted by molar-refractivity contribution is 9.10. The normalized spacial score (nSPS) is 11.1. The molecule has 3 heteroatoms. The second-order valence-corrected chi connectivity index (χ2v) is 5.90. The van der Waals surface area contributed by atoms with Crippen LogP contribution in [0, 0.1) is 0 Å². The summed E-state index contributed by atoms with van der Waals surface area (Å²) in [7, 11) is 0. The molecule has 0 bridgehead atoms. The number of halogens is 1. The van der Waals surface area contributed by atoms with Crippen molar-refractivity contribution in [3.8, 4) is 0 Å². The molecule has 1 aromatic carbocycles. The van der Waals surface area contributed by atoms with Gasteiger partial charge in [-0.15, -0.1) is 0 Å². The molecule has 0 radical (unpaired) electrons. The maximum absolute atomic E-state index is 12.2. The Hall–Kier alpha value is -1.09. The van der Waals surface area contributed by atoms with Gasteiger partial charge in [0.05, 0.1) is 0 Å². The highest BCUT2D eigenvalue weighted by Gasteiger charge is 2.11. The van der Waals surface area contributed by atoms with Gasteiger partial charge in [-0.3, -0.25) is 4.79 Å². The van der Waals surface area contributed by atoms with Crippen LogP contribution in [-0.2, 0) is 0 Å². The second kappa shape index (κ2) is 6.90. The molecular weight excluding hydrogens is 302 g/mol. The quantitative estimate of drug-likeness (QED) is 0.532. The van der Waals surface area contributed by atoms with Gasteiger partial charge in [0.2, 0.25) is 0 Å². The fourth-order valence-corrected chi connectivity index (χ4v) is 2.71. The molecule has 1 heterocycles. The van der Waals surface area contributed by atoms with E-state index in [0.29, 0.717) is 6.42 Å². The number of benzene rings is 1. The predicted octanol–water partition coefficient (Wildman–Crippen LogP) is 5.47. The molecule has 2 rings (SSSR count). The predicted molar refractivity (Wildman–Crippen MR) is 83.7 cm³/mol. The Balaban J connectivity index is 1.97. The number of hydrogen-bond donors (Lipinski definition) is 1. The van der Waals surface area contributed by atoms with E-state index >= 15 is 0 Å². The number of aromatic nitrogens is 1. The van der Waals surface area contributed by atoms with Crippen LogP contribution in [0.25, 0.3) is 10.9 Å². The van der Waals surface area contributed by atoms with Crippen molar-refractivity contribution >= 4 is 32.6 Å². The number of rotatable bonds is 7. The summed E-state index contributed by atoms with van der Waals surface area (Å²) in [5, 5.41) is 1.03.